The number of imidazole rings is 1. The molecule has 2 nitrogen and oxygen atoms in total. The van der Waals surface area contributed by atoms with Crippen molar-refractivity contribution in [1.29, 1.82) is 0 Å². The predicted octanol–water partition coefficient (Wildman–Crippen LogP) is 4.97. The van der Waals surface area contributed by atoms with Crippen LogP contribution in [0.2, 0.25) is 0 Å². The van der Waals surface area contributed by atoms with E-state index in [1.165, 1.54) is 0 Å². The molecule has 0 fully saturated rings. The number of thioether (sulfide) groups is 1. The first-order valence-electron chi connectivity index (χ1n) is 5.85. The van der Waals surface area contributed by atoms with Crippen LogP contribution < -0.4 is 0 Å². The molecule has 0 unspecified atom stereocenters. The van der Waals surface area contributed by atoms with Gasteiger partial charge in [0, 0.05) is 16.8 Å². The highest BCUT2D eigenvalue weighted by atomic mass is 32.2. The summed E-state index contributed by atoms with van der Waals surface area (Å²) < 4.78 is 27.6. The number of H-pyrrole nitrogens is 1. The third-order valence-corrected chi connectivity index (χ3v) is 3.80. The molecular formula is C13H14F2N2S2. The minimum Gasteiger partial charge on any atom is -0.337 e. The highest BCUT2D eigenvalue weighted by Gasteiger charge is 2.15. The second-order valence-corrected chi connectivity index (χ2v) is 5.77. The quantitative estimate of drug-likeness (QED) is 0.635. The Morgan fingerprint density at radius 1 is 1.26 bits per heavy atom. The maximum absolute atomic E-state index is 12.6. The Hall–Kier alpha value is -1.14. The second kappa shape index (κ2) is 5.88. The largest absolute Gasteiger partial charge is 0.337 e. The molecule has 0 amide bonds. The molecule has 0 aliphatic rings. The maximum atomic E-state index is 12.6. The van der Waals surface area contributed by atoms with Crippen LogP contribution in [-0.2, 0) is 0 Å². The Morgan fingerprint density at radius 2 is 1.95 bits per heavy atom. The van der Waals surface area contributed by atoms with Gasteiger partial charge in [0.2, 0.25) is 0 Å². The fourth-order valence-corrected chi connectivity index (χ4v) is 2.78. The van der Waals surface area contributed by atoms with Crippen LogP contribution in [0, 0.1) is 4.77 Å². The number of nitrogens with one attached hydrogen (secondary N) is 1. The summed E-state index contributed by atoms with van der Waals surface area (Å²) in [5, 5.41) is 0. The first kappa shape index (κ1) is 14.3. The number of halogens is 2. The first-order valence-corrected chi connectivity index (χ1v) is 7.14. The molecule has 1 heterocycles. The Labute approximate surface area is 119 Å². The summed E-state index contributed by atoms with van der Waals surface area (Å²) in [6.07, 6.45) is 1.83. The van der Waals surface area contributed by atoms with Gasteiger partial charge in [0.1, 0.15) is 0 Å². The van der Waals surface area contributed by atoms with Crippen LogP contribution >= 0.6 is 24.0 Å². The third kappa shape index (κ3) is 3.06. The molecule has 0 atom stereocenters. The minimum absolute atomic E-state index is 0.248. The number of aromatic nitrogens is 2. The van der Waals surface area contributed by atoms with E-state index in [9.17, 15) is 8.78 Å². The number of alkyl halides is 2. The van der Waals surface area contributed by atoms with E-state index in [0.29, 0.717) is 27.1 Å². The van der Waals surface area contributed by atoms with Crippen LogP contribution in [0.1, 0.15) is 25.5 Å². The lowest BCUT2D eigenvalue weighted by Gasteiger charge is -2.14. The Morgan fingerprint density at radius 3 is 2.58 bits per heavy atom. The zero-order valence-corrected chi connectivity index (χ0v) is 12.2. The van der Waals surface area contributed by atoms with Crippen LogP contribution in [0.4, 0.5) is 8.78 Å². The molecule has 2 aromatic rings. The molecule has 6 heteroatoms. The summed E-state index contributed by atoms with van der Waals surface area (Å²) in [6.45, 7) is 4.08. The van der Waals surface area contributed by atoms with Gasteiger partial charge in [0.25, 0.3) is 5.76 Å². The normalized spacial score (nSPS) is 11.5. The monoisotopic (exact) mass is 300 g/mol. The van der Waals surface area contributed by atoms with E-state index >= 15 is 0 Å². The Kier molecular flexibility index (Phi) is 4.42. The zero-order valence-electron chi connectivity index (χ0n) is 10.6. The van der Waals surface area contributed by atoms with Gasteiger partial charge < -0.3 is 4.98 Å². The second-order valence-electron chi connectivity index (χ2n) is 4.36. The van der Waals surface area contributed by atoms with Crippen molar-refractivity contribution in [2.45, 2.75) is 30.4 Å². The van der Waals surface area contributed by atoms with Gasteiger partial charge >= 0.3 is 0 Å². The van der Waals surface area contributed by atoms with Crippen molar-refractivity contribution in [2.75, 3.05) is 0 Å². The molecule has 0 saturated carbocycles. The summed E-state index contributed by atoms with van der Waals surface area (Å²) in [4.78, 5) is 3.50. The standard InChI is InChI=1S/C13H14F2N2S2/c1-8(2)10-7-16-13(18)17(10)9-5-3-4-6-11(9)19-12(14)15/h3-8,12H,1-2H3,(H,16,18). The number of nitrogens with zero attached hydrogens (tertiary/aromatic N) is 1. The molecule has 1 aromatic heterocycles. The number of rotatable bonds is 4. The molecule has 2 rings (SSSR count). The van der Waals surface area contributed by atoms with Crippen molar-refractivity contribution >= 4 is 24.0 Å². The topological polar surface area (TPSA) is 20.7 Å². The smallest absolute Gasteiger partial charge is 0.288 e. The number of hydrogen-bond donors (Lipinski definition) is 1. The summed E-state index contributed by atoms with van der Waals surface area (Å²) in [5.74, 6) is -2.20. The van der Waals surface area contributed by atoms with E-state index < -0.39 is 5.76 Å². The molecule has 0 saturated heterocycles. The Balaban J connectivity index is 2.59. The van der Waals surface area contributed by atoms with Gasteiger partial charge in [-0.15, -0.1) is 0 Å². The molecule has 1 aromatic carbocycles. The number of para-hydroxylation sites is 1. The molecule has 102 valence electrons. The summed E-state index contributed by atoms with van der Waals surface area (Å²) in [5.41, 5.74) is 1.68. The van der Waals surface area contributed by atoms with Crippen molar-refractivity contribution in [3.8, 4) is 5.69 Å². The van der Waals surface area contributed by atoms with Crippen molar-refractivity contribution in [3.05, 3.63) is 40.9 Å². The van der Waals surface area contributed by atoms with Gasteiger partial charge in [-0.05, 0) is 30.3 Å². The Bertz CT molecular complexity index is 617. The third-order valence-electron chi connectivity index (χ3n) is 2.72. The number of hydrogen-bond acceptors (Lipinski definition) is 2. The van der Waals surface area contributed by atoms with Crippen LogP contribution in [0.15, 0.2) is 35.4 Å². The van der Waals surface area contributed by atoms with Crippen LogP contribution in [0.3, 0.4) is 0 Å². The first-order chi connectivity index (χ1) is 9.00. The van der Waals surface area contributed by atoms with E-state index in [-0.39, 0.29) is 5.92 Å². The van der Waals surface area contributed by atoms with Crippen molar-refractivity contribution < 1.29 is 8.78 Å². The van der Waals surface area contributed by atoms with Crippen LogP contribution in [0.25, 0.3) is 5.69 Å². The molecule has 0 bridgehead atoms. The summed E-state index contributed by atoms with van der Waals surface area (Å²) >= 11 is 5.80. The highest BCUT2D eigenvalue weighted by Crippen LogP contribution is 2.32. The highest BCUT2D eigenvalue weighted by molar-refractivity contribution is 7.99. The fraction of sp³-hybridized carbons (Fsp3) is 0.308. The molecule has 1 N–H and O–H groups in total. The number of benzene rings is 1. The van der Waals surface area contributed by atoms with Crippen LogP contribution in [0.5, 0.6) is 0 Å². The summed E-state index contributed by atoms with van der Waals surface area (Å²) in [6, 6.07) is 7.06. The van der Waals surface area contributed by atoms with E-state index in [4.69, 9.17) is 12.2 Å². The van der Waals surface area contributed by atoms with Crippen molar-refractivity contribution in [1.82, 2.24) is 9.55 Å². The summed E-state index contributed by atoms with van der Waals surface area (Å²) in [7, 11) is 0. The maximum Gasteiger partial charge on any atom is 0.288 e. The predicted molar refractivity (Wildman–Crippen MR) is 76.9 cm³/mol. The molecule has 0 aliphatic heterocycles. The van der Waals surface area contributed by atoms with E-state index in [0.717, 1.165) is 5.69 Å². The lowest BCUT2D eigenvalue weighted by atomic mass is 10.1. The number of aromatic amines is 1. The molecule has 19 heavy (non-hydrogen) atoms. The van der Waals surface area contributed by atoms with E-state index in [2.05, 4.69) is 4.98 Å². The van der Waals surface area contributed by atoms with E-state index in [1.54, 1.807) is 18.2 Å². The molecule has 0 radical (unpaired) electrons. The van der Waals surface area contributed by atoms with Crippen LogP contribution in [-0.4, -0.2) is 15.3 Å². The van der Waals surface area contributed by atoms with Gasteiger partial charge in [-0.25, -0.2) is 0 Å². The molecule has 0 spiro atoms. The van der Waals surface area contributed by atoms with Gasteiger partial charge in [0.05, 0.1) is 5.69 Å². The zero-order chi connectivity index (χ0) is 14.0. The van der Waals surface area contributed by atoms with Gasteiger partial charge in [-0.3, -0.25) is 4.57 Å². The fourth-order valence-electron chi connectivity index (χ4n) is 1.89. The molecular weight excluding hydrogens is 286 g/mol. The average Bonchev–Trinajstić information content (AvgIpc) is 2.71. The van der Waals surface area contributed by atoms with Crippen molar-refractivity contribution in [3.63, 3.8) is 0 Å². The lowest BCUT2D eigenvalue weighted by molar-refractivity contribution is 0.252. The lowest BCUT2D eigenvalue weighted by Crippen LogP contribution is -2.03. The average molecular weight is 300 g/mol. The van der Waals surface area contributed by atoms with Gasteiger partial charge in [-0.2, -0.15) is 8.78 Å². The van der Waals surface area contributed by atoms with E-state index in [1.807, 2.05) is 30.7 Å². The van der Waals surface area contributed by atoms with Gasteiger partial charge in [0.15, 0.2) is 4.77 Å². The van der Waals surface area contributed by atoms with Crippen molar-refractivity contribution in [2.24, 2.45) is 0 Å². The molecule has 0 aliphatic carbocycles. The van der Waals surface area contributed by atoms with Gasteiger partial charge in [-0.1, -0.05) is 37.7 Å². The SMILES string of the molecule is CC(C)c1c[nH]c(=S)n1-c1ccccc1SC(F)F. The minimum atomic E-state index is -2.45.